The van der Waals surface area contributed by atoms with E-state index in [9.17, 15) is 14.7 Å². The van der Waals surface area contributed by atoms with Gasteiger partial charge in [0.25, 0.3) is 0 Å². The minimum Gasteiger partial charge on any atom is -0.481 e. The molecule has 0 aromatic carbocycles. The Morgan fingerprint density at radius 1 is 1.05 bits per heavy atom. The number of hydrogen-bond donors (Lipinski definition) is 2. The Labute approximate surface area is 112 Å². The van der Waals surface area contributed by atoms with E-state index in [0.29, 0.717) is 0 Å². The van der Waals surface area contributed by atoms with Crippen molar-refractivity contribution in [3.8, 4) is 0 Å². The molecule has 3 rings (SSSR count). The third kappa shape index (κ3) is 2.27. The van der Waals surface area contributed by atoms with Gasteiger partial charge in [-0.05, 0) is 12.8 Å². The van der Waals surface area contributed by atoms with Crippen LogP contribution in [0.3, 0.4) is 0 Å². The first-order valence-electron chi connectivity index (χ1n) is 7.04. The minimum atomic E-state index is -0.944. The Bertz CT molecular complexity index is 414. The van der Waals surface area contributed by atoms with Crippen molar-refractivity contribution in [2.24, 2.45) is 11.8 Å². The predicted molar refractivity (Wildman–Crippen MR) is 67.4 cm³/mol. The fourth-order valence-corrected chi connectivity index (χ4v) is 3.46. The number of aliphatic carboxylic acids is 1. The molecule has 1 saturated carbocycles. The second-order valence-corrected chi connectivity index (χ2v) is 5.68. The lowest BCUT2D eigenvalue weighted by molar-refractivity contribution is -0.146. The summed E-state index contributed by atoms with van der Waals surface area (Å²) in [6.07, 6.45) is 8.27. The molecule has 1 saturated heterocycles. The predicted octanol–water partition coefficient (Wildman–Crippen LogP) is 1.09. The van der Waals surface area contributed by atoms with Crippen LogP contribution in [0.25, 0.3) is 0 Å². The van der Waals surface area contributed by atoms with E-state index in [1.807, 2.05) is 6.08 Å². The maximum atomic E-state index is 12.3. The number of hydrogen-bond acceptors (Lipinski definition) is 3. The van der Waals surface area contributed by atoms with Crippen LogP contribution in [0.15, 0.2) is 12.2 Å². The molecular formula is C14H19NO4. The number of carboxylic acids is 1. The number of carbonyl (C=O) groups is 2. The lowest BCUT2D eigenvalue weighted by Crippen LogP contribution is -2.46. The van der Waals surface area contributed by atoms with Crippen LogP contribution in [-0.2, 0) is 14.3 Å². The van der Waals surface area contributed by atoms with Gasteiger partial charge in [0.05, 0.1) is 18.1 Å². The zero-order valence-electron chi connectivity index (χ0n) is 10.7. The van der Waals surface area contributed by atoms with Crippen molar-refractivity contribution in [2.75, 3.05) is 0 Å². The zero-order valence-corrected chi connectivity index (χ0v) is 10.7. The fourth-order valence-electron chi connectivity index (χ4n) is 3.46. The Hall–Kier alpha value is -1.36. The molecule has 1 amide bonds. The first-order chi connectivity index (χ1) is 9.16. The average Bonchev–Trinajstić information content (AvgIpc) is 2.99. The maximum Gasteiger partial charge on any atom is 0.310 e. The molecule has 2 heterocycles. The van der Waals surface area contributed by atoms with Crippen molar-refractivity contribution in [1.82, 2.24) is 5.32 Å². The Balaban J connectivity index is 1.68. The average molecular weight is 265 g/mol. The van der Waals surface area contributed by atoms with Crippen LogP contribution in [0.1, 0.15) is 32.1 Å². The van der Waals surface area contributed by atoms with Crippen molar-refractivity contribution < 1.29 is 19.4 Å². The Morgan fingerprint density at radius 2 is 1.68 bits per heavy atom. The Kier molecular flexibility index (Phi) is 3.31. The molecule has 0 radical (unpaired) electrons. The normalized spacial score (nSPS) is 37.5. The molecule has 19 heavy (non-hydrogen) atoms. The van der Waals surface area contributed by atoms with Gasteiger partial charge < -0.3 is 15.2 Å². The zero-order chi connectivity index (χ0) is 13.4. The summed E-state index contributed by atoms with van der Waals surface area (Å²) in [5.41, 5.74) is 0. The number of ether oxygens (including phenoxy) is 1. The van der Waals surface area contributed by atoms with Crippen molar-refractivity contribution in [3.63, 3.8) is 0 Å². The second-order valence-electron chi connectivity index (χ2n) is 5.68. The quantitative estimate of drug-likeness (QED) is 0.749. The number of carboxylic acid groups (broad SMARTS) is 1. The topological polar surface area (TPSA) is 75.6 Å². The van der Waals surface area contributed by atoms with Gasteiger partial charge >= 0.3 is 5.97 Å². The molecule has 2 bridgehead atoms. The number of nitrogens with one attached hydrogen (secondary N) is 1. The van der Waals surface area contributed by atoms with Gasteiger partial charge in [0.15, 0.2) is 0 Å². The van der Waals surface area contributed by atoms with Crippen LogP contribution in [-0.4, -0.2) is 35.2 Å². The van der Waals surface area contributed by atoms with Gasteiger partial charge in [-0.15, -0.1) is 0 Å². The van der Waals surface area contributed by atoms with Gasteiger partial charge in [0.1, 0.15) is 5.92 Å². The van der Waals surface area contributed by atoms with Crippen LogP contribution < -0.4 is 5.32 Å². The van der Waals surface area contributed by atoms with Gasteiger partial charge in [0.2, 0.25) is 5.91 Å². The highest BCUT2D eigenvalue weighted by atomic mass is 16.5. The molecule has 2 N–H and O–H groups in total. The van der Waals surface area contributed by atoms with E-state index in [4.69, 9.17) is 4.74 Å². The van der Waals surface area contributed by atoms with Gasteiger partial charge in [-0.2, -0.15) is 0 Å². The molecule has 0 aromatic heterocycles. The molecule has 2 fully saturated rings. The summed E-state index contributed by atoms with van der Waals surface area (Å²) in [6, 6.07) is 0.207. The summed E-state index contributed by atoms with van der Waals surface area (Å²) in [6.45, 7) is 0. The Morgan fingerprint density at radius 3 is 2.32 bits per heavy atom. The third-order valence-electron chi connectivity index (χ3n) is 4.44. The molecule has 2 aliphatic heterocycles. The summed E-state index contributed by atoms with van der Waals surface area (Å²) in [7, 11) is 0. The van der Waals surface area contributed by atoms with Crippen LogP contribution in [0, 0.1) is 11.8 Å². The number of amides is 1. The SMILES string of the molecule is O=C(NC1CCCCC1)[C@@H]1[C@H](C(=O)O)[C@H]2C=C[C@@H]1O2. The van der Waals surface area contributed by atoms with E-state index >= 15 is 0 Å². The maximum absolute atomic E-state index is 12.3. The van der Waals surface area contributed by atoms with Crippen molar-refractivity contribution >= 4 is 11.9 Å². The van der Waals surface area contributed by atoms with E-state index < -0.39 is 23.9 Å². The third-order valence-corrected chi connectivity index (χ3v) is 4.44. The molecule has 5 heteroatoms. The van der Waals surface area contributed by atoms with Crippen LogP contribution in [0.4, 0.5) is 0 Å². The summed E-state index contributed by atoms with van der Waals surface area (Å²) in [5.74, 6) is -2.41. The minimum absolute atomic E-state index is 0.156. The number of carbonyl (C=O) groups excluding carboxylic acids is 1. The molecule has 0 aromatic rings. The van der Waals surface area contributed by atoms with Gasteiger partial charge in [-0.25, -0.2) is 0 Å². The van der Waals surface area contributed by atoms with Crippen molar-refractivity contribution in [3.05, 3.63) is 12.2 Å². The molecule has 104 valence electrons. The van der Waals surface area contributed by atoms with E-state index in [0.717, 1.165) is 25.7 Å². The smallest absolute Gasteiger partial charge is 0.310 e. The first-order valence-corrected chi connectivity index (χ1v) is 7.04. The first kappa shape index (κ1) is 12.7. The molecule has 5 nitrogen and oxygen atoms in total. The summed E-state index contributed by atoms with van der Waals surface area (Å²) < 4.78 is 5.52. The van der Waals surface area contributed by atoms with Crippen molar-refractivity contribution in [2.45, 2.75) is 50.4 Å². The number of fused-ring (bicyclic) bond motifs is 2. The highest BCUT2D eigenvalue weighted by Gasteiger charge is 2.53. The molecule has 0 unspecified atom stereocenters. The monoisotopic (exact) mass is 265 g/mol. The van der Waals surface area contributed by atoms with Crippen molar-refractivity contribution in [1.29, 1.82) is 0 Å². The molecule has 1 aliphatic carbocycles. The summed E-state index contributed by atoms with van der Waals surface area (Å²) in [4.78, 5) is 23.6. The highest BCUT2D eigenvalue weighted by Crippen LogP contribution is 2.39. The van der Waals surface area contributed by atoms with Gasteiger partial charge in [-0.1, -0.05) is 31.4 Å². The summed E-state index contributed by atoms with van der Waals surface area (Å²) >= 11 is 0. The fraction of sp³-hybridized carbons (Fsp3) is 0.714. The van der Waals surface area contributed by atoms with Crippen LogP contribution in [0.5, 0.6) is 0 Å². The number of rotatable bonds is 3. The summed E-state index contributed by atoms with van der Waals surface area (Å²) in [5, 5.41) is 12.3. The largest absolute Gasteiger partial charge is 0.481 e. The molecule has 0 spiro atoms. The van der Waals surface area contributed by atoms with Gasteiger partial charge in [0, 0.05) is 6.04 Å². The second kappa shape index (κ2) is 4.96. The molecule has 3 aliphatic rings. The van der Waals surface area contributed by atoms with E-state index in [1.165, 1.54) is 6.42 Å². The lowest BCUT2D eigenvalue weighted by atomic mass is 9.82. The standard InChI is InChI=1S/C14H19NO4/c16-13(15-8-4-2-1-3-5-8)11-9-6-7-10(19-9)12(11)14(17)18/h6-12H,1-5H2,(H,15,16)(H,17,18)/t9-,10+,11-,12+/m0/s1. The lowest BCUT2D eigenvalue weighted by Gasteiger charge is -2.27. The van der Waals surface area contributed by atoms with Crippen LogP contribution >= 0.6 is 0 Å². The highest BCUT2D eigenvalue weighted by molar-refractivity contribution is 5.87. The molecule has 4 atom stereocenters. The van der Waals surface area contributed by atoms with E-state index in [-0.39, 0.29) is 18.1 Å². The van der Waals surface area contributed by atoms with Crippen LogP contribution in [0.2, 0.25) is 0 Å². The van der Waals surface area contributed by atoms with E-state index in [1.54, 1.807) is 6.08 Å². The van der Waals surface area contributed by atoms with E-state index in [2.05, 4.69) is 5.32 Å². The molecular weight excluding hydrogens is 246 g/mol. The van der Waals surface area contributed by atoms with Gasteiger partial charge in [-0.3, -0.25) is 9.59 Å².